The summed E-state index contributed by atoms with van der Waals surface area (Å²) in [4.78, 5) is 28.2. The van der Waals surface area contributed by atoms with E-state index >= 15 is 0 Å². The third kappa shape index (κ3) is 6.58. The predicted molar refractivity (Wildman–Crippen MR) is 136 cm³/mol. The van der Waals surface area contributed by atoms with Crippen LogP contribution in [0.15, 0.2) is 66.7 Å². The Morgan fingerprint density at radius 3 is 2.39 bits per heavy atom. The van der Waals surface area contributed by atoms with Crippen molar-refractivity contribution in [3.63, 3.8) is 0 Å². The van der Waals surface area contributed by atoms with Crippen molar-refractivity contribution in [2.24, 2.45) is 0 Å². The van der Waals surface area contributed by atoms with Gasteiger partial charge in [-0.3, -0.25) is 9.59 Å². The molecule has 1 atom stereocenters. The van der Waals surface area contributed by atoms with Gasteiger partial charge in [0.2, 0.25) is 11.8 Å². The number of carbonyl (C=O) groups excluding carboxylic acids is 2. The minimum atomic E-state index is -0.529. The number of rotatable bonds is 11. The largest absolute Gasteiger partial charge is 0.354 e. The molecule has 3 aromatic rings. The maximum atomic E-state index is 13.5. The van der Waals surface area contributed by atoms with E-state index in [1.807, 2.05) is 49.4 Å². The summed E-state index contributed by atoms with van der Waals surface area (Å²) in [6, 6.07) is 21.4. The first-order valence-corrected chi connectivity index (χ1v) is 12.2. The Labute approximate surface area is 201 Å². The zero-order valence-electron chi connectivity index (χ0n) is 19.5. The van der Waals surface area contributed by atoms with Crippen molar-refractivity contribution in [2.75, 3.05) is 6.54 Å². The molecular formula is C28H33ClN2O2. The number of fused-ring (bicyclic) bond motifs is 1. The number of hydrogen-bond acceptors (Lipinski definition) is 2. The Balaban J connectivity index is 1.81. The van der Waals surface area contributed by atoms with Gasteiger partial charge < -0.3 is 10.2 Å². The summed E-state index contributed by atoms with van der Waals surface area (Å²) >= 11 is 6.40. The van der Waals surface area contributed by atoms with Crippen LogP contribution in [0.2, 0.25) is 5.02 Å². The summed E-state index contributed by atoms with van der Waals surface area (Å²) < 4.78 is 0. The van der Waals surface area contributed by atoms with Gasteiger partial charge in [-0.2, -0.15) is 0 Å². The van der Waals surface area contributed by atoms with E-state index in [9.17, 15) is 9.59 Å². The van der Waals surface area contributed by atoms with E-state index in [1.54, 1.807) is 4.90 Å². The highest BCUT2D eigenvalue weighted by atomic mass is 35.5. The number of unbranched alkanes of at least 4 members (excludes halogenated alkanes) is 1. The van der Waals surface area contributed by atoms with E-state index in [2.05, 4.69) is 36.5 Å². The maximum absolute atomic E-state index is 13.5. The molecule has 0 radical (unpaired) electrons. The highest BCUT2D eigenvalue weighted by Gasteiger charge is 2.28. The molecule has 174 valence electrons. The van der Waals surface area contributed by atoms with Gasteiger partial charge in [-0.25, -0.2) is 0 Å². The van der Waals surface area contributed by atoms with Crippen molar-refractivity contribution < 1.29 is 9.59 Å². The number of carbonyl (C=O) groups is 2. The third-order valence-corrected chi connectivity index (χ3v) is 6.37. The van der Waals surface area contributed by atoms with Gasteiger partial charge in [0.25, 0.3) is 0 Å². The maximum Gasteiger partial charge on any atom is 0.242 e. The summed E-state index contributed by atoms with van der Waals surface area (Å²) in [5.41, 5.74) is 1.98. The van der Waals surface area contributed by atoms with Gasteiger partial charge in [-0.05, 0) is 47.2 Å². The number of halogens is 1. The van der Waals surface area contributed by atoms with Crippen molar-refractivity contribution in [2.45, 2.75) is 58.5 Å². The molecule has 0 aromatic heterocycles. The summed E-state index contributed by atoms with van der Waals surface area (Å²) in [6.45, 7) is 4.97. The molecule has 1 unspecified atom stereocenters. The van der Waals surface area contributed by atoms with Gasteiger partial charge in [0.15, 0.2) is 0 Å². The van der Waals surface area contributed by atoms with Crippen molar-refractivity contribution >= 4 is 34.2 Å². The number of benzene rings is 3. The molecule has 5 heteroatoms. The van der Waals surface area contributed by atoms with E-state index in [0.29, 0.717) is 37.4 Å². The second-order valence-corrected chi connectivity index (χ2v) is 8.73. The summed E-state index contributed by atoms with van der Waals surface area (Å²) in [6.07, 6.45) is 3.42. The van der Waals surface area contributed by atoms with Crippen LogP contribution in [0, 0.1) is 0 Å². The van der Waals surface area contributed by atoms with E-state index in [1.165, 1.54) is 0 Å². The monoisotopic (exact) mass is 464 g/mol. The summed E-state index contributed by atoms with van der Waals surface area (Å²) in [5.74, 6) is -0.142. The Kier molecular flexibility index (Phi) is 9.32. The fourth-order valence-corrected chi connectivity index (χ4v) is 4.33. The smallest absolute Gasteiger partial charge is 0.242 e. The van der Waals surface area contributed by atoms with Gasteiger partial charge in [-0.15, -0.1) is 0 Å². The molecule has 0 spiro atoms. The molecule has 1 N–H and O–H groups in total. The van der Waals surface area contributed by atoms with Crippen LogP contribution in [0.25, 0.3) is 10.8 Å². The molecule has 4 nitrogen and oxygen atoms in total. The summed E-state index contributed by atoms with van der Waals surface area (Å²) in [5, 5.41) is 5.93. The lowest BCUT2D eigenvalue weighted by Crippen LogP contribution is -2.49. The number of hydrogen-bond donors (Lipinski definition) is 1. The van der Waals surface area contributed by atoms with Crippen LogP contribution in [-0.2, 0) is 22.6 Å². The zero-order valence-corrected chi connectivity index (χ0v) is 20.3. The Morgan fingerprint density at radius 1 is 0.939 bits per heavy atom. The first kappa shape index (κ1) is 24.8. The number of aryl methyl sites for hydroxylation is 1. The first-order valence-electron chi connectivity index (χ1n) is 11.8. The standard InChI is InChI=1S/C28H33ClN2O2/c1-3-5-19-30-28(33)26(4-2)31(20-23-12-7-9-16-25(23)29)27(32)18-17-22-14-10-13-21-11-6-8-15-24(21)22/h6-16,26H,3-5,17-20H2,1-2H3,(H,30,33). The van der Waals surface area contributed by atoms with Crippen molar-refractivity contribution in [3.8, 4) is 0 Å². The number of amides is 2. The van der Waals surface area contributed by atoms with Gasteiger partial charge in [0, 0.05) is 24.5 Å². The van der Waals surface area contributed by atoms with E-state index < -0.39 is 6.04 Å². The molecule has 33 heavy (non-hydrogen) atoms. The topological polar surface area (TPSA) is 49.4 Å². The Morgan fingerprint density at radius 2 is 1.64 bits per heavy atom. The fourth-order valence-electron chi connectivity index (χ4n) is 4.13. The molecule has 2 amide bonds. The molecule has 0 heterocycles. The molecule has 0 aliphatic rings. The molecule has 0 aliphatic carbocycles. The minimum absolute atomic E-state index is 0.0413. The normalized spacial score (nSPS) is 11.8. The van der Waals surface area contributed by atoms with Crippen LogP contribution in [0.5, 0.6) is 0 Å². The fraction of sp³-hybridized carbons (Fsp3) is 0.357. The molecule has 0 fully saturated rings. The quantitative estimate of drug-likeness (QED) is 0.346. The van der Waals surface area contributed by atoms with Crippen LogP contribution in [0.1, 0.15) is 50.7 Å². The van der Waals surface area contributed by atoms with Crippen LogP contribution in [0.4, 0.5) is 0 Å². The summed E-state index contributed by atoms with van der Waals surface area (Å²) in [7, 11) is 0. The second kappa shape index (κ2) is 12.4. The van der Waals surface area contributed by atoms with Gasteiger partial charge >= 0.3 is 0 Å². The first-order chi connectivity index (χ1) is 16.0. The molecule has 3 rings (SSSR count). The van der Waals surface area contributed by atoms with Gasteiger partial charge in [-0.1, -0.05) is 92.5 Å². The molecule has 0 saturated heterocycles. The number of nitrogens with zero attached hydrogens (tertiary/aromatic N) is 1. The van der Waals surface area contributed by atoms with Gasteiger partial charge in [0.1, 0.15) is 6.04 Å². The average Bonchev–Trinajstić information content (AvgIpc) is 2.83. The van der Waals surface area contributed by atoms with Crippen LogP contribution < -0.4 is 5.32 Å². The predicted octanol–water partition coefficient (Wildman–Crippen LogP) is 6.15. The molecular weight excluding hydrogens is 432 g/mol. The van der Waals surface area contributed by atoms with Crippen LogP contribution in [-0.4, -0.2) is 29.3 Å². The van der Waals surface area contributed by atoms with Crippen LogP contribution >= 0.6 is 11.6 Å². The lowest BCUT2D eigenvalue weighted by atomic mass is 10.00. The van der Waals surface area contributed by atoms with E-state index in [0.717, 1.165) is 34.7 Å². The average molecular weight is 465 g/mol. The Hall–Kier alpha value is -2.85. The highest BCUT2D eigenvalue weighted by molar-refractivity contribution is 6.31. The lowest BCUT2D eigenvalue weighted by Gasteiger charge is -2.31. The van der Waals surface area contributed by atoms with Crippen LogP contribution in [0.3, 0.4) is 0 Å². The van der Waals surface area contributed by atoms with Crippen molar-refractivity contribution in [1.29, 1.82) is 0 Å². The van der Waals surface area contributed by atoms with Crippen molar-refractivity contribution in [3.05, 3.63) is 82.9 Å². The third-order valence-electron chi connectivity index (χ3n) is 6.00. The van der Waals surface area contributed by atoms with E-state index in [4.69, 9.17) is 11.6 Å². The lowest BCUT2D eigenvalue weighted by molar-refractivity contribution is -0.141. The minimum Gasteiger partial charge on any atom is -0.354 e. The Bertz CT molecular complexity index is 1080. The zero-order chi connectivity index (χ0) is 23.6. The van der Waals surface area contributed by atoms with E-state index in [-0.39, 0.29) is 11.8 Å². The highest BCUT2D eigenvalue weighted by Crippen LogP contribution is 2.23. The molecule has 0 aliphatic heterocycles. The molecule has 0 saturated carbocycles. The SMILES string of the molecule is CCCCNC(=O)C(CC)N(Cc1ccccc1Cl)C(=O)CCc1cccc2ccccc12. The van der Waals surface area contributed by atoms with Crippen molar-refractivity contribution in [1.82, 2.24) is 10.2 Å². The second-order valence-electron chi connectivity index (χ2n) is 8.32. The number of nitrogens with one attached hydrogen (secondary N) is 1. The molecule has 0 bridgehead atoms. The van der Waals surface area contributed by atoms with Gasteiger partial charge in [0.05, 0.1) is 0 Å². The molecule has 3 aromatic carbocycles.